The minimum absolute atomic E-state index is 0. The van der Waals surface area contributed by atoms with Crippen molar-refractivity contribution in [3.63, 3.8) is 0 Å². The molecule has 0 radical (unpaired) electrons. The van der Waals surface area contributed by atoms with Crippen LogP contribution in [0.15, 0.2) is 18.2 Å². The lowest BCUT2D eigenvalue weighted by Gasteiger charge is -2.35. The number of carbonyl (C=O) groups excluding carboxylic acids is 2. The Labute approximate surface area is 274 Å². The van der Waals surface area contributed by atoms with E-state index in [0.717, 1.165) is 11.3 Å². The normalized spacial score (nSPS) is 14.9. The molecule has 2 aromatic rings. The van der Waals surface area contributed by atoms with Crippen molar-refractivity contribution in [1.29, 1.82) is 5.41 Å². The first kappa shape index (κ1) is 35.8. The maximum Gasteiger partial charge on any atom is 0.303 e. The van der Waals surface area contributed by atoms with Gasteiger partial charge in [-0.15, -0.1) is 17.0 Å². The predicted molar refractivity (Wildman–Crippen MR) is 176 cm³/mol. The minimum atomic E-state index is -0.889. The summed E-state index contributed by atoms with van der Waals surface area (Å²) in [5, 5.41) is 30.5. The number of halogens is 1. The van der Waals surface area contributed by atoms with Gasteiger partial charge in [-0.2, -0.15) is 0 Å². The van der Waals surface area contributed by atoms with Gasteiger partial charge in [-0.1, -0.05) is 20.8 Å². The number of carboxylic acids is 1. The van der Waals surface area contributed by atoms with E-state index in [-0.39, 0.29) is 66.5 Å². The van der Waals surface area contributed by atoms with Gasteiger partial charge in [0.2, 0.25) is 0 Å². The van der Waals surface area contributed by atoms with Crippen LogP contribution < -0.4 is 19.7 Å². The number of carboxylic acid groups (broad SMARTS) is 1. The molecule has 2 aliphatic rings. The molecule has 0 spiro atoms. The molecular weight excluding hydrogens is 646 g/mol. The van der Waals surface area contributed by atoms with Crippen LogP contribution >= 0.6 is 17.0 Å². The third-order valence-electron chi connectivity index (χ3n) is 7.83. The van der Waals surface area contributed by atoms with Crippen molar-refractivity contribution in [3.8, 4) is 11.5 Å². The average molecular weight is 691 g/mol. The first-order valence-corrected chi connectivity index (χ1v) is 15.1. The van der Waals surface area contributed by atoms with Crippen LogP contribution in [0, 0.1) is 5.41 Å². The van der Waals surface area contributed by atoms with E-state index in [1.54, 1.807) is 11.0 Å². The van der Waals surface area contributed by atoms with Crippen molar-refractivity contribution in [3.05, 3.63) is 46.3 Å². The Morgan fingerprint density at radius 2 is 1.82 bits per heavy atom. The number of amidine groups is 1. The molecule has 1 saturated heterocycles. The van der Waals surface area contributed by atoms with Gasteiger partial charge in [0.15, 0.2) is 17.2 Å². The summed E-state index contributed by atoms with van der Waals surface area (Å²) < 4.78 is 11.9. The monoisotopic (exact) mass is 689 g/mol. The summed E-state index contributed by atoms with van der Waals surface area (Å²) in [7, 11) is 1.50. The van der Waals surface area contributed by atoms with Crippen LogP contribution in [-0.4, -0.2) is 89.6 Å². The Morgan fingerprint density at radius 1 is 1.13 bits per heavy atom. The fraction of sp³-hybridized carbons (Fsp3) is 0.531. The quantitative estimate of drug-likeness (QED) is 0.189. The van der Waals surface area contributed by atoms with Crippen molar-refractivity contribution in [2.75, 3.05) is 44.8 Å². The maximum absolute atomic E-state index is 13.9. The number of benzene rings is 1. The van der Waals surface area contributed by atoms with Gasteiger partial charge < -0.3 is 34.8 Å². The topological polar surface area (TPSA) is 165 Å². The number of aromatic nitrogens is 1. The number of rotatable bonds is 12. The fourth-order valence-corrected chi connectivity index (χ4v) is 5.46. The highest BCUT2D eigenvalue weighted by molar-refractivity contribution is 8.93. The number of pyridine rings is 1. The summed E-state index contributed by atoms with van der Waals surface area (Å²) in [4.78, 5) is 45.6. The molecule has 1 fully saturated rings. The number of carbonyl (C=O) groups is 3. The Balaban J connectivity index is 0.00000552. The molecule has 45 heavy (non-hydrogen) atoms. The molecule has 4 N–H and O–H groups in total. The number of Topliss-reactive ketones (excluding diaryl/α,β-unsaturated/α-hetero) is 1. The molecule has 1 aromatic carbocycles. The van der Waals surface area contributed by atoms with Gasteiger partial charge in [0.25, 0.3) is 5.91 Å². The molecule has 1 amide bonds. The van der Waals surface area contributed by atoms with Gasteiger partial charge in [0.1, 0.15) is 17.3 Å². The Hall–Kier alpha value is -3.71. The van der Waals surface area contributed by atoms with Crippen LogP contribution in [0.25, 0.3) is 0 Å². The molecule has 13 heteroatoms. The summed E-state index contributed by atoms with van der Waals surface area (Å²) >= 11 is 0. The molecule has 0 atom stereocenters. The average Bonchev–Trinajstić information content (AvgIpc) is 3.27. The highest BCUT2D eigenvalue weighted by Gasteiger charge is 2.33. The van der Waals surface area contributed by atoms with Gasteiger partial charge in [-0.05, 0) is 49.8 Å². The number of aliphatic carboxylic acids is 1. The second kappa shape index (κ2) is 15.0. The summed E-state index contributed by atoms with van der Waals surface area (Å²) in [5.41, 5.74) is 2.75. The summed E-state index contributed by atoms with van der Waals surface area (Å²) in [6.07, 6.45) is 1.11. The summed E-state index contributed by atoms with van der Waals surface area (Å²) in [5.74, 6) is -0.499. The standard InChI is InChI=1S/C32H43N5O7.BrH/c1-6-43-25-16-20-17-37(30(33)27(20)35-28(25)31(42)34-5)18-24(39)19-14-22(32(2,3)4)29(44-13-7-8-26(40)41)23(15-19)36-11-9-21(38)10-12-36;/h14-16,21,33,38H,6-13,17-18H2,1-5H3,(H,34,42)(H,40,41);1H. The number of ketones is 1. The number of nitrogens with one attached hydrogen (secondary N) is 2. The lowest BCUT2D eigenvalue weighted by Crippen LogP contribution is -2.36. The SMILES string of the molecule is Br.CCOc1cc2c(nc1C(=O)NC)C(=N)N(CC(=O)c1cc(N3CCC(O)CC3)c(OCCCC(=O)O)c(C(C)(C)C)c1)C2. The fourth-order valence-electron chi connectivity index (χ4n) is 5.46. The number of hydrogen-bond acceptors (Lipinski definition) is 9. The first-order chi connectivity index (χ1) is 20.8. The number of nitrogens with zero attached hydrogens (tertiary/aromatic N) is 3. The number of fused-ring (bicyclic) bond motifs is 1. The van der Waals surface area contributed by atoms with Crippen LogP contribution in [0.5, 0.6) is 11.5 Å². The van der Waals surface area contributed by atoms with E-state index in [9.17, 15) is 19.5 Å². The molecule has 1 aromatic heterocycles. The van der Waals surface area contributed by atoms with Crippen LogP contribution in [0.3, 0.4) is 0 Å². The predicted octanol–water partition coefficient (Wildman–Crippen LogP) is 3.94. The highest BCUT2D eigenvalue weighted by atomic mass is 79.9. The van der Waals surface area contributed by atoms with Gasteiger partial charge in [-0.25, -0.2) is 4.98 Å². The minimum Gasteiger partial charge on any atom is -0.491 e. The molecule has 0 unspecified atom stereocenters. The largest absolute Gasteiger partial charge is 0.491 e. The lowest BCUT2D eigenvalue weighted by atomic mass is 9.84. The second-order valence-electron chi connectivity index (χ2n) is 12.2. The van der Waals surface area contributed by atoms with E-state index in [1.807, 2.05) is 39.8 Å². The number of anilines is 1. The smallest absolute Gasteiger partial charge is 0.303 e. The van der Waals surface area contributed by atoms with Gasteiger partial charge >= 0.3 is 5.97 Å². The first-order valence-electron chi connectivity index (χ1n) is 15.1. The lowest BCUT2D eigenvalue weighted by molar-refractivity contribution is -0.137. The van der Waals surface area contributed by atoms with Crippen LogP contribution in [0.4, 0.5) is 5.69 Å². The summed E-state index contributed by atoms with van der Waals surface area (Å²) in [6.45, 7) is 9.83. The van der Waals surface area contributed by atoms with E-state index in [4.69, 9.17) is 20.0 Å². The number of ether oxygens (including phenoxy) is 2. The molecule has 246 valence electrons. The molecule has 3 heterocycles. The Bertz CT molecular complexity index is 1430. The molecule has 0 bridgehead atoms. The molecule has 4 rings (SSSR count). The number of amides is 1. The number of piperidine rings is 1. The molecule has 0 aliphatic carbocycles. The molecular formula is C32H44BrN5O7. The van der Waals surface area contributed by atoms with E-state index in [1.165, 1.54) is 7.05 Å². The van der Waals surface area contributed by atoms with E-state index < -0.39 is 17.3 Å². The zero-order valence-corrected chi connectivity index (χ0v) is 28.3. The van der Waals surface area contributed by atoms with Crippen LogP contribution in [0.1, 0.15) is 91.0 Å². The maximum atomic E-state index is 13.9. The zero-order chi connectivity index (χ0) is 32.2. The Kier molecular flexibility index (Phi) is 12.0. The number of aliphatic hydroxyl groups is 1. The molecule has 2 aliphatic heterocycles. The van der Waals surface area contributed by atoms with Crippen molar-refractivity contribution in [1.82, 2.24) is 15.2 Å². The number of aliphatic hydroxyl groups excluding tert-OH is 1. The van der Waals surface area contributed by atoms with E-state index in [2.05, 4.69) is 15.2 Å². The van der Waals surface area contributed by atoms with Gasteiger partial charge in [0.05, 0.1) is 31.5 Å². The van der Waals surface area contributed by atoms with Gasteiger partial charge in [0, 0.05) is 49.8 Å². The second-order valence-corrected chi connectivity index (χ2v) is 12.2. The zero-order valence-electron chi connectivity index (χ0n) is 26.6. The van der Waals surface area contributed by atoms with Crippen molar-refractivity contribution in [2.24, 2.45) is 0 Å². The molecule has 12 nitrogen and oxygen atoms in total. The molecule has 0 saturated carbocycles. The Morgan fingerprint density at radius 3 is 2.42 bits per heavy atom. The third-order valence-corrected chi connectivity index (χ3v) is 7.83. The highest BCUT2D eigenvalue weighted by Crippen LogP contribution is 2.42. The van der Waals surface area contributed by atoms with Gasteiger partial charge in [-0.3, -0.25) is 19.8 Å². The van der Waals surface area contributed by atoms with Crippen molar-refractivity contribution in [2.45, 2.75) is 71.4 Å². The summed E-state index contributed by atoms with van der Waals surface area (Å²) in [6, 6.07) is 5.36. The van der Waals surface area contributed by atoms with E-state index in [0.29, 0.717) is 67.3 Å². The van der Waals surface area contributed by atoms with Crippen molar-refractivity contribution < 1.29 is 34.1 Å². The van der Waals surface area contributed by atoms with Crippen molar-refractivity contribution >= 4 is 46.2 Å². The number of hydrogen-bond donors (Lipinski definition) is 4. The van der Waals surface area contributed by atoms with E-state index >= 15 is 0 Å². The van der Waals surface area contributed by atoms with Crippen LogP contribution in [-0.2, 0) is 16.8 Å². The van der Waals surface area contributed by atoms with Crippen LogP contribution in [0.2, 0.25) is 0 Å². The third kappa shape index (κ3) is 8.31.